The highest BCUT2D eigenvalue weighted by Crippen LogP contribution is 2.26. The van der Waals surface area contributed by atoms with Crippen molar-refractivity contribution in [2.75, 3.05) is 13.2 Å². The van der Waals surface area contributed by atoms with Crippen molar-refractivity contribution in [3.8, 4) is 0 Å². The molecule has 0 bridgehead atoms. The van der Waals surface area contributed by atoms with Crippen LogP contribution in [0, 0.1) is 0 Å². The molecule has 14 heavy (non-hydrogen) atoms. The van der Waals surface area contributed by atoms with Crippen LogP contribution in [0.5, 0.6) is 0 Å². The summed E-state index contributed by atoms with van der Waals surface area (Å²) in [4.78, 5) is 15.2. The number of carbonyl (C=O) groups is 1. The minimum atomic E-state index is 0.0565. The minimum Gasteiger partial charge on any atom is -0.379 e. The van der Waals surface area contributed by atoms with Crippen molar-refractivity contribution in [3.63, 3.8) is 0 Å². The molecule has 2 heterocycles. The Morgan fingerprint density at radius 3 is 2.79 bits per heavy atom. The summed E-state index contributed by atoms with van der Waals surface area (Å²) in [6.45, 7) is 3.16. The lowest BCUT2D eigenvalue weighted by Crippen LogP contribution is -2.30. The van der Waals surface area contributed by atoms with Crippen LogP contribution in [0.2, 0.25) is 0 Å². The van der Waals surface area contributed by atoms with E-state index < -0.39 is 0 Å². The van der Waals surface area contributed by atoms with Crippen molar-refractivity contribution in [1.29, 1.82) is 0 Å². The third kappa shape index (κ3) is 2.13. The van der Waals surface area contributed by atoms with Crippen molar-refractivity contribution in [2.45, 2.75) is 17.2 Å². The molecule has 1 aromatic rings. The van der Waals surface area contributed by atoms with Gasteiger partial charge in [-0.1, -0.05) is 11.8 Å². The molecule has 0 aromatic carbocycles. The van der Waals surface area contributed by atoms with Gasteiger partial charge in [0.05, 0.1) is 23.5 Å². The SMILES string of the molecule is CC(=O)c1ccc(SC2COC2)nc1. The van der Waals surface area contributed by atoms with Crippen molar-refractivity contribution in [3.05, 3.63) is 23.9 Å². The quantitative estimate of drug-likeness (QED) is 0.711. The summed E-state index contributed by atoms with van der Waals surface area (Å²) in [6.07, 6.45) is 1.63. The van der Waals surface area contributed by atoms with E-state index in [2.05, 4.69) is 4.98 Å². The second kappa shape index (κ2) is 4.11. The van der Waals surface area contributed by atoms with E-state index in [0.717, 1.165) is 18.2 Å². The number of hydrogen-bond donors (Lipinski definition) is 0. The molecule has 1 aliphatic rings. The predicted molar refractivity (Wildman–Crippen MR) is 54.7 cm³/mol. The maximum atomic E-state index is 11.0. The Morgan fingerprint density at radius 1 is 1.57 bits per heavy atom. The van der Waals surface area contributed by atoms with E-state index in [9.17, 15) is 4.79 Å². The third-order valence-corrected chi connectivity index (χ3v) is 3.13. The second-order valence-corrected chi connectivity index (χ2v) is 4.54. The molecular weight excluding hydrogens is 198 g/mol. The number of Topliss-reactive ketones (excluding diaryl/α,β-unsaturated/α-hetero) is 1. The number of thioether (sulfide) groups is 1. The van der Waals surface area contributed by atoms with Crippen LogP contribution < -0.4 is 0 Å². The Bertz CT molecular complexity index is 332. The molecule has 1 fully saturated rings. The fourth-order valence-electron chi connectivity index (χ4n) is 1.11. The van der Waals surface area contributed by atoms with Gasteiger partial charge in [-0.25, -0.2) is 4.98 Å². The van der Waals surface area contributed by atoms with Gasteiger partial charge in [0, 0.05) is 11.8 Å². The van der Waals surface area contributed by atoms with Crippen LogP contribution in [0.15, 0.2) is 23.4 Å². The Balaban J connectivity index is 2.01. The highest BCUT2D eigenvalue weighted by molar-refractivity contribution is 8.00. The number of ketones is 1. The van der Waals surface area contributed by atoms with Gasteiger partial charge in [0.15, 0.2) is 5.78 Å². The summed E-state index contributed by atoms with van der Waals surface area (Å²) in [5.74, 6) is 0.0565. The number of ether oxygens (including phenoxy) is 1. The van der Waals surface area contributed by atoms with Crippen LogP contribution in [0.1, 0.15) is 17.3 Å². The molecule has 0 atom stereocenters. The van der Waals surface area contributed by atoms with Gasteiger partial charge in [-0.3, -0.25) is 4.79 Å². The monoisotopic (exact) mass is 209 g/mol. The minimum absolute atomic E-state index is 0.0565. The third-order valence-electron chi connectivity index (χ3n) is 2.04. The summed E-state index contributed by atoms with van der Waals surface area (Å²) >= 11 is 1.70. The molecule has 0 aliphatic carbocycles. The Hall–Kier alpha value is -0.870. The molecule has 0 unspecified atom stereocenters. The second-order valence-electron chi connectivity index (χ2n) is 3.22. The van der Waals surface area contributed by atoms with Crippen LogP contribution in [0.3, 0.4) is 0 Å². The van der Waals surface area contributed by atoms with Gasteiger partial charge in [-0.15, -0.1) is 0 Å². The van der Waals surface area contributed by atoms with Crippen molar-refractivity contribution >= 4 is 17.5 Å². The molecule has 0 N–H and O–H groups in total. The van der Waals surface area contributed by atoms with Gasteiger partial charge < -0.3 is 4.74 Å². The van der Waals surface area contributed by atoms with Crippen LogP contribution >= 0.6 is 11.8 Å². The Labute approximate surface area is 86.9 Å². The summed E-state index contributed by atoms with van der Waals surface area (Å²) in [5.41, 5.74) is 0.666. The van der Waals surface area contributed by atoms with E-state index in [-0.39, 0.29) is 5.78 Å². The molecule has 1 saturated heterocycles. The topological polar surface area (TPSA) is 39.2 Å². The van der Waals surface area contributed by atoms with Crippen LogP contribution in [-0.4, -0.2) is 29.2 Å². The number of pyridine rings is 1. The smallest absolute Gasteiger partial charge is 0.161 e. The molecule has 0 amide bonds. The lowest BCUT2D eigenvalue weighted by atomic mass is 10.2. The first-order chi connectivity index (χ1) is 6.75. The molecule has 0 spiro atoms. The van der Waals surface area contributed by atoms with E-state index in [1.165, 1.54) is 0 Å². The van der Waals surface area contributed by atoms with Crippen LogP contribution in [0.25, 0.3) is 0 Å². The summed E-state index contributed by atoms with van der Waals surface area (Å²) in [5, 5.41) is 1.49. The normalized spacial score (nSPS) is 16.4. The van der Waals surface area contributed by atoms with Crippen LogP contribution in [0.4, 0.5) is 0 Å². The van der Waals surface area contributed by atoms with E-state index >= 15 is 0 Å². The standard InChI is InChI=1S/C10H11NO2S/c1-7(12)8-2-3-10(11-4-8)14-9-5-13-6-9/h2-4,9H,5-6H2,1H3. The molecule has 0 radical (unpaired) electrons. The maximum absolute atomic E-state index is 11.0. The first-order valence-corrected chi connectivity index (χ1v) is 5.35. The molecule has 1 aliphatic heterocycles. The lowest BCUT2D eigenvalue weighted by Gasteiger charge is -2.24. The van der Waals surface area contributed by atoms with E-state index in [4.69, 9.17) is 4.74 Å². The fraction of sp³-hybridized carbons (Fsp3) is 0.400. The van der Waals surface area contributed by atoms with E-state index in [1.807, 2.05) is 12.1 Å². The Morgan fingerprint density at radius 2 is 2.36 bits per heavy atom. The molecule has 2 rings (SSSR count). The molecular formula is C10H11NO2S. The van der Waals surface area contributed by atoms with E-state index in [0.29, 0.717) is 10.8 Å². The van der Waals surface area contributed by atoms with Gasteiger partial charge in [0.25, 0.3) is 0 Å². The largest absolute Gasteiger partial charge is 0.379 e. The summed E-state index contributed by atoms with van der Waals surface area (Å²) in [7, 11) is 0. The summed E-state index contributed by atoms with van der Waals surface area (Å²) < 4.78 is 5.07. The maximum Gasteiger partial charge on any atom is 0.161 e. The Kier molecular flexibility index (Phi) is 2.84. The van der Waals surface area contributed by atoms with Crippen LogP contribution in [-0.2, 0) is 4.74 Å². The van der Waals surface area contributed by atoms with Crippen molar-refractivity contribution in [1.82, 2.24) is 4.98 Å². The van der Waals surface area contributed by atoms with E-state index in [1.54, 1.807) is 24.9 Å². The van der Waals surface area contributed by atoms with Gasteiger partial charge in [0.1, 0.15) is 0 Å². The molecule has 1 aromatic heterocycles. The summed E-state index contributed by atoms with van der Waals surface area (Å²) in [6, 6.07) is 3.71. The lowest BCUT2D eigenvalue weighted by molar-refractivity contribution is 0.0454. The molecule has 74 valence electrons. The first-order valence-electron chi connectivity index (χ1n) is 4.47. The first kappa shape index (κ1) is 9.68. The predicted octanol–water partition coefficient (Wildman–Crippen LogP) is 1.78. The van der Waals surface area contributed by atoms with Gasteiger partial charge >= 0.3 is 0 Å². The number of aromatic nitrogens is 1. The number of hydrogen-bond acceptors (Lipinski definition) is 4. The zero-order valence-electron chi connectivity index (χ0n) is 7.90. The fourth-order valence-corrected chi connectivity index (χ4v) is 2.04. The van der Waals surface area contributed by atoms with Crippen molar-refractivity contribution < 1.29 is 9.53 Å². The average molecular weight is 209 g/mol. The average Bonchev–Trinajstić information content (AvgIpc) is 2.12. The number of carbonyl (C=O) groups excluding carboxylic acids is 1. The highest BCUT2D eigenvalue weighted by Gasteiger charge is 2.19. The van der Waals surface area contributed by atoms with Gasteiger partial charge in [0.2, 0.25) is 0 Å². The zero-order chi connectivity index (χ0) is 9.97. The van der Waals surface area contributed by atoms with Crippen molar-refractivity contribution in [2.24, 2.45) is 0 Å². The number of nitrogens with zero attached hydrogens (tertiary/aromatic N) is 1. The van der Waals surface area contributed by atoms with Gasteiger partial charge in [-0.05, 0) is 19.1 Å². The van der Waals surface area contributed by atoms with Gasteiger partial charge in [-0.2, -0.15) is 0 Å². The molecule has 3 nitrogen and oxygen atoms in total. The number of rotatable bonds is 3. The molecule has 0 saturated carbocycles. The highest BCUT2D eigenvalue weighted by atomic mass is 32.2. The molecule has 4 heteroatoms. The zero-order valence-corrected chi connectivity index (χ0v) is 8.71.